The summed E-state index contributed by atoms with van der Waals surface area (Å²) in [4.78, 5) is 13.4. The highest BCUT2D eigenvalue weighted by Gasteiger charge is 2.30. The Kier molecular flexibility index (Phi) is 5.29. The van der Waals surface area contributed by atoms with Gasteiger partial charge in [0.15, 0.2) is 0 Å². The lowest BCUT2D eigenvalue weighted by molar-refractivity contribution is -0.120. The summed E-state index contributed by atoms with van der Waals surface area (Å²) in [6.45, 7) is 0.776. The minimum absolute atomic E-state index is 0.111. The number of nitrogens with one attached hydrogen (secondary N) is 1. The van der Waals surface area contributed by atoms with Crippen LogP contribution in [-0.2, 0) is 14.8 Å². The van der Waals surface area contributed by atoms with Gasteiger partial charge in [0, 0.05) is 23.7 Å². The summed E-state index contributed by atoms with van der Waals surface area (Å²) in [6.07, 6.45) is 4.63. The van der Waals surface area contributed by atoms with E-state index in [0.29, 0.717) is 6.54 Å². The van der Waals surface area contributed by atoms with E-state index in [1.165, 1.54) is 10.6 Å². The number of hydrogen-bond donors (Lipinski definition) is 1. The fourth-order valence-electron chi connectivity index (χ4n) is 2.38. The third kappa shape index (κ3) is 4.46. The highest BCUT2D eigenvalue weighted by Crippen LogP contribution is 2.22. The maximum atomic E-state index is 12.3. The number of nitrogens with zero attached hydrogens (tertiary/aromatic N) is 1. The van der Waals surface area contributed by atoms with E-state index in [-0.39, 0.29) is 18.4 Å². The van der Waals surface area contributed by atoms with Crippen LogP contribution in [0, 0.1) is 5.92 Å². The van der Waals surface area contributed by atoms with E-state index < -0.39 is 10.0 Å². The third-order valence-corrected chi connectivity index (χ3v) is 5.59. The summed E-state index contributed by atoms with van der Waals surface area (Å²) in [5.41, 5.74) is 0.745. The maximum absolute atomic E-state index is 12.3. The van der Waals surface area contributed by atoms with E-state index in [0.717, 1.165) is 23.4 Å². The van der Waals surface area contributed by atoms with Crippen molar-refractivity contribution in [3.63, 3.8) is 0 Å². The van der Waals surface area contributed by atoms with Gasteiger partial charge in [-0.3, -0.25) is 4.79 Å². The fraction of sp³-hybridized carbons (Fsp3) is 0.500. The number of piperidine rings is 1. The van der Waals surface area contributed by atoms with Crippen molar-refractivity contribution in [1.29, 1.82) is 0 Å². The van der Waals surface area contributed by atoms with Crippen LogP contribution in [0.2, 0.25) is 0 Å². The number of amides is 1. The topological polar surface area (TPSA) is 66.5 Å². The molecule has 2 rings (SSSR count). The molecule has 1 aromatic rings. The Morgan fingerprint density at radius 3 is 2.57 bits per heavy atom. The molecule has 1 aliphatic rings. The Morgan fingerprint density at radius 2 is 2.00 bits per heavy atom. The quantitative estimate of drug-likeness (QED) is 0.859. The van der Waals surface area contributed by atoms with Crippen LogP contribution in [0.15, 0.2) is 29.2 Å². The monoisotopic (exact) mass is 328 g/mol. The first-order valence-electron chi connectivity index (χ1n) is 6.80. The highest BCUT2D eigenvalue weighted by atomic mass is 32.2. The Bertz CT molecular complexity index is 599. The second kappa shape index (κ2) is 6.81. The van der Waals surface area contributed by atoms with Crippen LogP contribution in [0.4, 0.5) is 5.69 Å². The maximum Gasteiger partial charge on any atom is 0.228 e. The summed E-state index contributed by atoms with van der Waals surface area (Å²) in [6, 6.07) is 7.62. The van der Waals surface area contributed by atoms with Gasteiger partial charge in [-0.05, 0) is 43.4 Å². The van der Waals surface area contributed by atoms with Crippen molar-refractivity contribution in [2.75, 3.05) is 30.9 Å². The normalized spacial score (nSPS) is 20.2. The van der Waals surface area contributed by atoms with Crippen molar-refractivity contribution >= 4 is 33.4 Å². The molecule has 5 nitrogen and oxygen atoms in total. The van der Waals surface area contributed by atoms with Crippen molar-refractivity contribution in [1.82, 2.24) is 4.31 Å². The van der Waals surface area contributed by atoms with Crippen molar-refractivity contribution < 1.29 is 13.2 Å². The van der Waals surface area contributed by atoms with Crippen LogP contribution in [-0.4, -0.2) is 44.2 Å². The van der Waals surface area contributed by atoms with Gasteiger partial charge in [0.2, 0.25) is 15.9 Å². The van der Waals surface area contributed by atoms with Crippen LogP contribution >= 0.6 is 11.8 Å². The summed E-state index contributed by atoms with van der Waals surface area (Å²) in [5.74, 6) is -0.394. The van der Waals surface area contributed by atoms with Gasteiger partial charge < -0.3 is 5.32 Å². The Hall–Kier alpha value is -1.05. The predicted molar refractivity (Wildman–Crippen MR) is 86.0 cm³/mol. The van der Waals surface area contributed by atoms with Crippen LogP contribution in [0.25, 0.3) is 0 Å². The number of carbonyl (C=O) groups excluding carboxylic acids is 1. The molecule has 0 radical (unpaired) electrons. The number of sulfonamides is 1. The first-order chi connectivity index (χ1) is 9.90. The number of rotatable bonds is 4. The van der Waals surface area contributed by atoms with E-state index >= 15 is 0 Å². The molecular weight excluding hydrogens is 308 g/mol. The van der Waals surface area contributed by atoms with Crippen molar-refractivity contribution in [3.8, 4) is 0 Å². The molecule has 1 unspecified atom stereocenters. The van der Waals surface area contributed by atoms with E-state index in [1.54, 1.807) is 11.8 Å². The molecule has 1 fully saturated rings. The molecule has 116 valence electrons. The number of carbonyl (C=O) groups is 1. The van der Waals surface area contributed by atoms with Gasteiger partial charge >= 0.3 is 0 Å². The fourth-order valence-corrected chi connectivity index (χ4v) is 3.70. The Balaban J connectivity index is 1.99. The number of anilines is 1. The molecule has 1 atom stereocenters. The number of hydrogen-bond acceptors (Lipinski definition) is 4. The molecule has 0 aromatic heterocycles. The first kappa shape index (κ1) is 16.3. The average Bonchev–Trinajstić information content (AvgIpc) is 2.47. The molecule has 0 bridgehead atoms. The van der Waals surface area contributed by atoms with Gasteiger partial charge in [0.1, 0.15) is 0 Å². The second-order valence-electron chi connectivity index (χ2n) is 5.18. The van der Waals surface area contributed by atoms with E-state index in [1.807, 2.05) is 30.5 Å². The summed E-state index contributed by atoms with van der Waals surface area (Å²) in [5, 5.41) is 2.87. The lowest BCUT2D eigenvalue weighted by Crippen LogP contribution is -2.43. The van der Waals surface area contributed by atoms with Gasteiger partial charge in [0.05, 0.1) is 12.2 Å². The van der Waals surface area contributed by atoms with Crippen molar-refractivity contribution in [2.45, 2.75) is 17.7 Å². The first-order valence-corrected chi connectivity index (χ1v) is 9.87. The average molecular weight is 328 g/mol. The van der Waals surface area contributed by atoms with Crippen LogP contribution in [0.5, 0.6) is 0 Å². The molecule has 0 spiro atoms. The van der Waals surface area contributed by atoms with Gasteiger partial charge in [-0.15, -0.1) is 11.8 Å². The molecule has 7 heteroatoms. The Labute approximate surface area is 130 Å². The zero-order chi connectivity index (χ0) is 15.5. The molecular formula is C14H20N2O3S2. The van der Waals surface area contributed by atoms with Crippen LogP contribution in [0.1, 0.15) is 12.8 Å². The minimum atomic E-state index is -3.22. The predicted octanol–water partition coefficient (Wildman–Crippen LogP) is 2.02. The highest BCUT2D eigenvalue weighted by molar-refractivity contribution is 7.98. The van der Waals surface area contributed by atoms with E-state index in [2.05, 4.69) is 5.32 Å². The lowest BCUT2D eigenvalue weighted by Gasteiger charge is -2.30. The van der Waals surface area contributed by atoms with Gasteiger partial charge in [0.25, 0.3) is 0 Å². The third-order valence-electron chi connectivity index (χ3n) is 3.58. The Morgan fingerprint density at radius 1 is 1.33 bits per heavy atom. The SMILES string of the molecule is CSc1ccc(NC(=O)C2CCCN(S(C)(=O)=O)C2)cc1. The van der Waals surface area contributed by atoms with Crippen LogP contribution in [0.3, 0.4) is 0 Å². The van der Waals surface area contributed by atoms with E-state index in [9.17, 15) is 13.2 Å². The largest absolute Gasteiger partial charge is 0.326 e. The second-order valence-corrected chi connectivity index (χ2v) is 8.04. The minimum Gasteiger partial charge on any atom is -0.326 e. The lowest BCUT2D eigenvalue weighted by atomic mass is 9.99. The number of benzene rings is 1. The summed E-state index contributed by atoms with van der Waals surface area (Å²) < 4.78 is 24.5. The van der Waals surface area contributed by atoms with Crippen molar-refractivity contribution in [3.05, 3.63) is 24.3 Å². The molecule has 1 amide bonds. The molecule has 0 saturated carbocycles. The molecule has 21 heavy (non-hydrogen) atoms. The van der Waals surface area contributed by atoms with Crippen LogP contribution < -0.4 is 5.32 Å². The molecule has 1 heterocycles. The van der Waals surface area contributed by atoms with E-state index in [4.69, 9.17) is 0 Å². The van der Waals surface area contributed by atoms with Gasteiger partial charge in [-0.2, -0.15) is 0 Å². The number of thioether (sulfide) groups is 1. The zero-order valence-corrected chi connectivity index (χ0v) is 13.8. The summed E-state index contributed by atoms with van der Waals surface area (Å²) in [7, 11) is -3.22. The zero-order valence-electron chi connectivity index (χ0n) is 12.2. The standard InChI is InChI=1S/C14H20N2O3S2/c1-20-13-7-5-12(6-8-13)15-14(17)11-4-3-9-16(10-11)21(2,18)19/h5-8,11H,3-4,9-10H2,1-2H3,(H,15,17). The smallest absolute Gasteiger partial charge is 0.228 e. The molecule has 1 saturated heterocycles. The van der Waals surface area contributed by atoms with Gasteiger partial charge in [-0.1, -0.05) is 0 Å². The molecule has 1 N–H and O–H groups in total. The molecule has 1 aromatic carbocycles. The molecule has 0 aliphatic carbocycles. The van der Waals surface area contributed by atoms with Crippen molar-refractivity contribution in [2.24, 2.45) is 5.92 Å². The molecule has 1 aliphatic heterocycles. The summed E-state index contributed by atoms with van der Waals surface area (Å²) >= 11 is 1.64. The van der Waals surface area contributed by atoms with Gasteiger partial charge in [-0.25, -0.2) is 12.7 Å².